The number of aliphatic hydroxyl groups is 1. The number of amides is 1. The van der Waals surface area contributed by atoms with E-state index in [-0.39, 0.29) is 29.5 Å². The summed E-state index contributed by atoms with van der Waals surface area (Å²) < 4.78 is 4.87. The Labute approximate surface area is 116 Å². The SMILES string of the molecule is COc1ccc(C(=O)N[C@H](CO)C(C)C)cc1[N+](=O)[O-]. The second-order valence-electron chi connectivity index (χ2n) is 4.65. The Hall–Kier alpha value is -2.15. The number of nitro groups is 1. The molecule has 1 aromatic carbocycles. The molecule has 0 aliphatic heterocycles. The Morgan fingerprint density at radius 3 is 2.60 bits per heavy atom. The maximum absolute atomic E-state index is 12.0. The Kier molecular flexibility index (Phi) is 5.45. The van der Waals surface area contributed by atoms with Crippen molar-refractivity contribution in [1.82, 2.24) is 5.32 Å². The molecule has 0 fully saturated rings. The van der Waals surface area contributed by atoms with E-state index in [2.05, 4.69) is 5.32 Å². The number of nitrogens with one attached hydrogen (secondary N) is 1. The van der Waals surface area contributed by atoms with Crippen LogP contribution < -0.4 is 10.1 Å². The molecule has 0 saturated heterocycles. The van der Waals surface area contributed by atoms with Crippen molar-refractivity contribution in [2.45, 2.75) is 19.9 Å². The summed E-state index contributed by atoms with van der Waals surface area (Å²) in [5, 5.41) is 22.7. The number of nitrogens with zero attached hydrogens (tertiary/aromatic N) is 1. The number of hydrogen-bond donors (Lipinski definition) is 2. The Balaban J connectivity index is 2.99. The second-order valence-corrected chi connectivity index (χ2v) is 4.65. The lowest BCUT2D eigenvalue weighted by Crippen LogP contribution is -2.41. The van der Waals surface area contributed by atoms with Crippen molar-refractivity contribution >= 4 is 11.6 Å². The number of ether oxygens (including phenoxy) is 1. The van der Waals surface area contributed by atoms with Gasteiger partial charge in [0, 0.05) is 11.6 Å². The first kappa shape index (κ1) is 15.9. The summed E-state index contributed by atoms with van der Waals surface area (Å²) in [6.45, 7) is 3.52. The number of carbonyl (C=O) groups is 1. The molecule has 0 radical (unpaired) electrons. The normalized spacial score (nSPS) is 12.1. The van der Waals surface area contributed by atoms with E-state index in [4.69, 9.17) is 4.74 Å². The number of hydrogen-bond acceptors (Lipinski definition) is 5. The van der Waals surface area contributed by atoms with Crippen molar-refractivity contribution in [3.63, 3.8) is 0 Å². The van der Waals surface area contributed by atoms with E-state index in [1.165, 1.54) is 19.2 Å². The van der Waals surface area contributed by atoms with Crippen LogP contribution >= 0.6 is 0 Å². The molecule has 0 unspecified atom stereocenters. The number of benzene rings is 1. The van der Waals surface area contributed by atoms with E-state index in [1.807, 2.05) is 13.8 Å². The summed E-state index contributed by atoms with van der Waals surface area (Å²) in [5.41, 5.74) is -0.123. The summed E-state index contributed by atoms with van der Waals surface area (Å²) in [5.74, 6) is -0.324. The predicted molar refractivity (Wildman–Crippen MR) is 72.8 cm³/mol. The predicted octanol–water partition coefficient (Wildman–Crippen LogP) is 1.35. The third-order valence-corrected chi connectivity index (χ3v) is 2.96. The van der Waals surface area contributed by atoms with Crippen molar-refractivity contribution in [1.29, 1.82) is 0 Å². The molecule has 1 rings (SSSR count). The quantitative estimate of drug-likeness (QED) is 0.605. The van der Waals surface area contributed by atoms with Crippen LogP contribution in [0.1, 0.15) is 24.2 Å². The average Bonchev–Trinajstić information content (AvgIpc) is 2.43. The van der Waals surface area contributed by atoms with Crippen LogP contribution in [-0.2, 0) is 0 Å². The van der Waals surface area contributed by atoms with Gasteiger partial charge in [-0.05, 0) is 18.1 Å². The number of aliphatic hydroxyl groups excluding tert-OH is 1. The van der Waals surface area contributed by atoms with Gasteiger partial charge in [0.05, 0.1) is 24.7 Å². The molecule has 2 N–H and O–H groups in total. The fourth-order valence-corrected chi connectivity index (χ4v) is 1.65. The highest BCUT2D eigenvalue weighted by molar-refractivity contribution is 5.95. The van der Waals surface area contributed by atoms with Crippen LogP contribution in [0, 0.1) is 16.0 Å². The van der Waals surface area contributed by atoms with Gasteiger partial charge in [0.25, 0.3) is 5.91 Å². The molecule has 0 spiro atoms. The van der Waals surface area contributed by atoms with E-state index in [0.29, 0.717) is 0 Å². The standard InChI is InChI=1S/C13H18N2O5/c1-8(2)10(7-16)14-13(17)9-4-5-12(20-3)11(6-9)15(18)19/h4-6,8,10,16H,7H2,1-3H3,(H,14,17)/t10-/m1/s1. The zero-order valence-corrected chi connectivity index (χ0v) is 11.6. The lowest BCUT2D eigenvalue weighted by Gasteiger charge is -2.19. The fourth-order valence-electron chi connectivity index (χ4n) is 1.65. The van der Waals surface area contributed by atoms with Crippen molar-refractivity contribution in [2.24, 2.45) is 5.92 Å². The molecule has 1 aromatic rings. The molecule has 0 aliphatic rings. The molecular weight excluding hydrogens is 264 g/mol. The smallest absolute Gasteiger partial charge is 0.311 e. The highest BCUT2D eigenvalue weighted by Gasteiger charge is 2.20. The van der Waals surface area contributed by atoms with Gasteiger partial charge in [0.1, 0.15) is 0 Å². The molecule has 7 heteroatoms. The van der Waals surface area contributed by atoms with Gasteiger partial charge in [-0.2, -0.15) is 0 Å². The van der Waals surface area contributed by atoms with Crippen molar-refractivity contribution < 1.29 is 19.6 Å². The first-order chi connectivity index (χ1) is 9.40. The minimum atomic E-state index is -0.610. The van der Waals surface area contributed by atoms with Gasteiger partial charge in [-0.1, -0.05) is 13.8 Å². The van der Waals surface area contributed by atoms with Gasteiger partial charge >= 0.3 is 5.69 Å². The van der Waals surface area contributed by atoms with E-state index in [9.17, 15) is 20.0 Å². The molecular formula is C13H18N2O5. The molecule has 1 amide bonds. The monoisotopic (exact) mass is 282 g/mol. The molecule has 7 nitrogen and oxygen atoms in total. The van der Waals surface area contributed by atoms with Crippen LogP contribution in [-0.4, -0.2) is 35.7 Å². The van der Waals surface area contributed by atoms with E-state index in [0.717, 1.165) is 6.07 Å². The van der Waals surface area contributed by atoms with E-state index >= 15 is 0 Å². The minimum Gasteiger partial charge on any atom is -0.490 e. The minimum absolute atomic E-state index is 0.0529. The fraction of sp³-hybridized carbons (Fsp3) is 0.462. The van der Waals surface area contributed by atoms with Gasteiger partial charge in [-0.15, -0.1) is 0 Å². The van der Waals surface area contributed by atoms with Crippen LogP contribution in [0.25, 0.3) is 0 Å². The molecule has 0 bridgehead atoms. The average molecular weight is 282 g/mol. The molecule has 0 aromatic heterocycles. The number of methoxy groups -OCH3 is 1. The number of rotatable bonds is 6. The topological polar surface area (TPSA) is 102 Å². The third-order valence-electron chi connectivity index (χ3n) is 2.96. The summed E-state index contributed by atoms with van der Waals surface area (Å²) in [4.78, 5) is 22.3. The highest BCUT2D eigenvalue weighted by atomic mass is 16.6. The second kappa shape index (κ2) is 6.85. The summed E-state index contributed by atoms with van der Waals surface area (Å²) in [6.07, 6.45) is 0. The van der Waals surface area contributed by atoms with Crippen LogP contribution in [0.2, 0.25) is 0 Å². The molecule has 20 heavy (non-hydrogen) atoms. The van der Waals surface area contributed by atoms with Crippen LogP contribution in [0.5, 0.6) is 5.75 Å². The highest BCUT2D eigenvalue weighted by Crippen LogP contribution is 2.27. The van der Waals surface area contributed by atoms with E-state index in [1.54, 1.807) is 0 Å². The van der Waals surface area contributed by atoms with Crippen LogP contribution in [0.3, 0.4) is 0 Å². The maximum atomic E-state index is 12.0. The Morgan fingerprint density at radius 2 is 2.15 bits per heavy atom. The zero-order valence-electron chi connectivity index (χ0n) is 11.6. The van der Waals surface area contributed by atoms with Gasteiger partial charge < -0.3 is 15.2 Å². The Bertz CT molecular complexity index is 502. The van der Waals surface area contributed by atoms with Gasteiger partial charge in [-0.25, -0.2) is 0 Å². The first-order valence-electron chi connectivity index (χ1n) is 6.14. The van der Waals surface area contributed by atoms with E-state index < -0.39 is 16.9 Å². The maximum Gasteiger partial charge on any atom is 0.311 e. The van der Waals surface area contributed by atoms with Gasteiger partial charge in [0.2, 0.25) is 0 Å². The summed E-state index contributed by atoms with van der Waals surface area (Å²) in [7, 11) is 1.32. The first-order valence-corrected chi connectivity index (χ1v) is 6.14. The molecule has 1 atom stereocenters. The molecule has 0 saturated carbocycles. The summed E-state index contributed by atoms with van der Waals surface area (Å²) >= 11 is 0. The molecule has 0 heterocycles. The van der Waals surface area contributed by atoms with Crippen molar-refractivity contribution in [3.8, 4) is 5.75 Å². The Morgan fingerprint density at radius 1 is 1.50 bits per heavy atom. The third kappa shape index (κ3) is 3.67. The number of carbonyl (C=O) groups excluding carboxylic acids is 1. The lowest BCUT2D eigenvalue weighted by molar-refractivity contribution is -0.385. The van der Waals surface area contributed by atoms with Crippen molar-refractivity contribution in [3.05, 3.63) is 33.9 Å². The molecule has 0 aliphatic carbocycles. The van der Waals surface area contributed by atoms with Crippen LogP contribution in [0.4, 0.5) is 5.69 Å². The van der Waals surface area contributed by atoms with Crippen LogP contribution in [0.15, 0.2) is 18.2 Å². The largest absolute Gasteiger partial charge is 0.490 e. The lowest BCUT2D eigenvalue weighted by atomic mass is 10.0. The van der Waals surface area contributed by atoms with Gasteiger partial charge in [-0.3, -0.25) is 14.9 Å². The summed E-state index contributed by atoms with van der Waals surface area (Å²) in [6, 6.07) is 3.57. The molecule has 110 valence electrons. The van der Waals surface area contributed by atoms with Gasteiger partial charge in [0.15, 0.2) is 5.75 Å². The van der Waals surface area contributed by atoms with Crippen molar-refractivity contribution in [2.75, 3.05) is 13.7 Å². The zero-order chi connectivity index (χ0) is 15.3. The number of nitro benzene ring substituents is 1.